The number of rotatable bonds is 13. The lowest BCUT2D eigenvalue weighted by Gasteiger charge is -2.28. The Bertz CT molecular complexity index is 1320. The molecule has 2 atom stereocenters. The van der Waals surface area contributed by atoms with Crippen molar-refractivity contribution in [2.24, 2.45) is 0 Å². The highest BCUT2D eigenvalue weighted by molar-refractivity contribution is 5.95. The van der Waals surface area contributed by atoms with Gasteiger partial charge >= 0.3 is 24.0 Å². The van der Waals surface area contributed by atoms with Gasteiger partial charge in [0.15, 0.2) is 0 Å². The summed E-state index contributed by atoms with van der Waals surface area (Å²) >= 11 is 0. The van der Waals surface area contributed by atoms with E-state index in [-0.39, 0.29) is 25.3 Å². The summed E-state index contributed by atoms with van der Waals surface area (Å²) in [7, 11) is 0. The zero-order chi connectivity index (χ0) is 31.6. The van der Waals surface area contributed by atoms with E-state index in [0.29, 0.717) is 47.3 Å². The molecule has 12 nitrogen and oxygen atoms in total. The Labute approximate surface area is 256 Å². The van der Waals surface area contributed by atoms with E-state index in [0.717, 1.165) is 24.0 Å². The van der Waals surface area contributed by atoms with Crippen LogP contribution in [0.5, 0.6) is 11.5 Å². The summed E-state index contributed by atoms with van der Waals surface area (Å²) in [6.45, 7) is 8.24. The predicted molar refractivity (Wildman–Crippen MR) is 161 cm³/mol. The number of unbranched alkanes of at least 4 members (excludes halogenated alkanes) is 1. The third-order valence-corrected chi connectivity index (χ3v) is 7.03. The Balaban J connectivity index is 1.24. The van der Waals surface area contributed by atoms with Crippen molar-refractivity contribution in [3.8, 4) is 11.5 Å². The Morgan fingerprint density at radius 1 is 0.636 bits per heavy atom. The number of esters is 2. The first-order chi connectivity index (χ1) is 21.2. The zero-order valence-electron chi connectivity index (χ0n) is 25.3. The van der Waals surface area contributed by atoms with Crippen LogP contribution in [0.4, 0.5) is 9.59 Å². The number of nitrogens with one attached hydrogen (secondary N) is 4. The number of ether oxygens (including phenoxy) is 4. The van der Waals surface area contributed by atoms with Crippen LogP contribution in [-0.2, 0) is 19.1 Å². The molecule has 0 fully saturated rings. The van der Waals surface area contributed by atoms with E-state index in [1.54, 1.807) is 52.0 Å². The molecule has 234 valence electrons. The molecule has 12 heteroatoms. The van der Waals surface area contributed by atoms with Crippen molar-refractivity contribution in [1.82, 2.24) is 21.3 Å². The molecule has 0 radical (unpaired) electrons. The summed E-state index contributed by atoms with van der Waals surface area (Å²) in [5, 5.41) is 10.8. The van der Waals surface area contributed by atoms with Crippen LogP contribution in [0.1, 0.15) is 63.7 Å². The molecule has 44 heavy (non-hydrogen) atoms. The molecule has 4 rings (SSSR count). The van der Waals surface area contributed by atoms with Crippen molar-refractivity contribution >= 4 is 24.0 Å². The molecule has 0 saturated carbocycles. The number of amides is 4. The van der Waals surface area contributed by atoms with E-state index >= 15 is 0 Å². The molecule has 0 spiro atoms. The Morgan fingerprint density at radius 2 is 1.00 bits per heavy atom. The lowest BCUT2D eigenvalue weighted by Crippen LogP contribution is -2.45. The van der Waals surface area contributed by atoms with Gasteiger partial charge in [-0.2, -0.15) is 0 Å². The summed E-state index contributed by atoms with van der Waals surface area (Å²) in [6, 6.07) is 12.4. The van der Waals surface area contributed by atoms with Gasteiger partial charge in [-0.25, -0.2) is 19.2 Å². The fraction of sp³-hybridized carbons (Fsp3) is 0.375. The number of hydrogen-bond donors (Lipinski definition) is 4. The summed E-state index contributed by atoms with van der Waals surface area (Å²) in [6.07, 6.45) is 1.51. The van der Waals surface area contributed by atoms with Gasteiger partial charge in [0.25, 0.3) is 0 Å². The van der Waals surface area contributed by atoms with Gasteiger partial charge < -0.3 is 40.2 Å². The first-order valence-electron chi connectivity index (χ1n) is 14.6. The average molecular weight is 607 g/mol. The molecule has 2 aromatic carbocycles. The molecule has 0 bridgehead atoms. The monoisotopic (exact) mass is 606 g/mol. The highest BCUT2D eigenvalue weighted by Crippen LogP contribution is 2.30. The SMILES string of the molecule is CCOC(=O)C1=C(C)NC(=O)NC1c1ccc(OCCCCOc2ccc(C3NC(=O)NC(C)=C3C(=O)OCC)cc2)cc1. The molecule has 2 aliphatic rings. The number of hydrogen-bond acceptors (Lipinski definition) is 8. The van der Waals surface area contributed by atoms with Crippen LogP contribution < -0.4 is 30.7 Å². The molecule has 2 unspecified atom stereocenters. The summed E-state index contributed by atoms with van der Waals surface area (Å²) in [5.41, 5.74) is 3.12. The molecule has 2 heterocycles. The molecule has 2 aliphatic heterocycles. The quantitative estimate of drug-likeness (QED) is 0.194. The average Bonchev–Trinajstić information content (AvgIpc) is 2.99. The largest absolute Gasteiger partial charge is 0.494 e. The molecular formula is C32H38N4O8. The maximum absolute atomic E-state index is 12.5. The zero-order valence-corrected chi connectivity index (χ0v) is 25.3. The molecular weight excluding hydrogens is 568 g/mol. The predicted octanol–water partition coefficient (Wildman–Crippen LogP) is 4.31. The minimum absolute atomic E-state index is 0.233. The van der Waals surface area contributed by atoms with Crippen LogP contribution in [0.3, 0.4) is 0 Å². The Kier molecular flexibility index (Phi) is 10.8. The lowest BCUT2D eigenvalue weighted by atomic mass is 9.95. The summed E-state index contributed by atoms with van der Waals surface area (Å²) in [4.78, 5) is 49.1. The van der Waals surface area contributed by atoms with E-state index in [1.807, 2.05) is 24.3 Å². The van der Waals surface area contributed by atoms with Gasteiger partial charge in [-0.3, -0.25) is 0 Å². The highest BCUT2D eigenvalue weighted by Gasteiger charge is 2.33. The minimum atomic E-state index is -0.623. The molecule has 0 aromatic heterocycles. The smallest absolute Gasteiger partial charge is 0.338 e. The third-order valence-electron chi connectivity index (χ3n) is 7.03. The molecule has 4 N–H and O–H groups in total. The maximum Gasteiger partial charge on any atom is 0.338 e. The van der Waals surface area contributed by atoms with Gasteiger partial charge in [-0.15, -0.1) is 0 Å². The van der Waals surface area contributed by atoms with Crippen molar-refractivity contribution in [1.29, 1.82) is 0 Å². The van der Waals surface area contributed by atoms with Crippen molar-refractivity contribution in [3.63, 3.8) is 0 Å². The van der Waals surface area contributed by atoms with Gasteiger partial charge in [0.05, 0.1) is 49.7 Å². The fourth-order valence-electron chi connectivity index (χ4n) is 4.94. The van der Waals surface area contributed by atoms with Crippen molar-refractivity contribution < 1.29 is 38.1 Å². The molecule has 0 saturated heterocycles. The minimum Gasteiger partial charge on any atom is -0.494 e. The van der Waals surface area contributed by atoms with E-state index in [2.05, 4.69) is 21.3 Å². The van der Waals surface area contributed by atoms with Gasteiger partial charge in [0.2, 0.25) is 0 Å². The normalized spacial score (nSPS) is 18.0. The van der Waals surface area contributed by atoms with Crippen LogP contribution in [0.2, 0.25) is 0 Å². The van der Waals surface area contributed by atoms with Crippen LogP contribution >= 0.6 is 0 Å². The van der Waals surface area contributed by atoms with Gasteiger partial charge in [-0.05, 0) is 75.9 Å². The van der Waals surface area contributed by atoms with Crippen LogP contribution in [0.25, 0.3) is 0 Å². The van der Waals surface area contributed by atoms with E-state index in [1.165, 1.54) is 0 Å². The number of carbonyl (C=O) groups excluding carboxylic acids is 4. The standard InChI is InChI=1S/C32H38N4O8/c1-5-41-29(37)25-19(3)33-31(39)35-27(25)21-9-13-23(14-10-21)43-17-7-8-18-44-24-15-11-22(12-16-24)28-26(30(38)42-6-2)20(4)34-32(40)36-28/h9-16,27-28H,5-8,17-18H2,1-4H3,(H2,33,35,39)(H2,34,36,40). The number of allylic oxidation sites excluding steroid dienone is 2. The van der Waals surface area contributed by atoms with Crippen molar-refractivity contribution in [3.05, 3.63) is 82.2 Å². The van der Waals surface area contributed by atoms with Gasteiger partial charge in [0.1, 0.15) is 11.5 Å². The number of urea groups is 2. The van der Waals surface area contributed by atoms with Gasteiger partial charge in [0, 0.05) is 11.4 Å². The highest BCUT2D eigenvalue weighted by atomic mass is 16.5. The molecule has 2 aromatic rings. The van der Waals surface area contributed by atoms with Gasteiger partial charge in [-0.1, -0.05) is 24.3 Å². The van der Waals surface area contributed by atoms with Crippen LogP contribution in [-0.4, -0.2) is 50.4 Å². The first-order valence-corrected chi connectivity index (χ1v) is 14.6. The Morgan fingerprint density at radius 3 is 1.34 bits per heavy atom. The topological polar surface area (TPSA) is 153 Å². The Hall–Kier alpha value is -5.00. The fourth-order valence-corrected chi connectivity index (χ4v) is 4.94. The molecule has 0 aliphatic carbocycles. The second kappa shape index (κ2) is 14.9. The van der Waals surface area contributed by atoms with E-state index in [9.17, 15) is 19.2 Å². The number of benzene rings is 2. The van der Waals surface area contributed by atoms with Crippen LogP contribution in [0, 0.1) is 0 Å². The van der Waals surface area contributed by atoms with Crippen molar-refractivity contribution in [2.45, 2.75) is 52.6 Å². The number of carbonyl (C=O) groups is 4. The first kappa shape index (κ1) is 31.9. The summed E-state index contributed by atoms with van der Waals surface area (Å²) in [5.74, 6) is 0.374. The lowest BCUT2D eigenvalue weighted by molar-refractivity contribution is -0.140. The second-order valence-corrected chi connectivity index (χ2v) is 10.1. The maximum atomic E-state index is 12.5. The van der Waals surface area contributed by atoms with Crippen molar-refractivity contribution in [2.75, 3.05) is 26.4 Å². The third kappa shape index (κ3) is 7.88. The molecule has 4 amide bonds. The second-order valence-electron chi connectivity index (χ2n) is 10.1. The summed E-state index contributed by atoms with van der Waals surface area (Å²) < 4.78 is 22.1. The van der Waals surface area contributed by atoms with Crippen LogP contribution in [0.15, 0.2) is 71.1 Å². The van der Waals surface area contributed by atoms with E-state index in [4.69, 9.17) is 18.9 Å². The van der Waals surface area contributed by atoms with E-state index < -0.39 is 24.0 Å².